The Morgan fingerprint density at radius 2 is 2.39 bits per heavy atom. The Labute approximate surface area is 142 Å². The third-order valence-electron chi connectivity index (χ3n) is 3.45. The van der Waals surface area contributed by atoms with Gasteiger partial charge in [0.05, 0.1) is 0 Å². The number of thioether (sulfide) groups is 2. The Morgan fingerprint density at radius 3 is 3.04 bits per heavy atom. The van der Waals surface area contributed by atoms with Crippen LogP contribution in [0.5, 0.6) is 0 Å². The van der Waals surface area contributed by atoms with Gasteiger partial charge in [0.2, 0.25) is 11.1 Å². The van der Waals surface area contributed by atoms with Crippen molar-refractivity contribution < 1.29 is 14.3 Å². The van der Waals surface area contributed by atoms with E-state index in [0.717, 1.165) is 5.57 Å². The molecule has 1 aromatic rings. The molecule has 0 spiro atoms. The lowest BCUT2D eigenvalue weighted by Crippen LogP contribution is -2.68. The van der Waals surface area contributed by atoms with Gasteiger partial charge in [0.25, 0.3) is 0 Å². The van der Waals surface area contributed by atoms with Crippen molar-refractivity contribution >= 4 is 44.6 Å². The number of fused-ring (bicyclic) bond motifs is 1. The van der Waals surface area contributed by atoms with Gasteiger partial charge in [-0.25, -0.2) is 9.48 Å². The average molecular weight is 374 g/mol. The fraction of sp³-hybridized carbons (Fsp3) is 0.545. The highest BCUT2D eigenvalue weighted by Gasteiger charge is 2.51. The quantitative estimate of drug-likeness (QED) is 0.305. The van der Waals surface area contributed by atoms with Gasteiger partial charge in [-0.15, -0.1) is 16.9 Å². The standard InChI is InChI=1S/C11H15N6O3PS2/c1-16-11(13-14-15-16)23-3-5-2-22-9-6(12)8(18)17(9)7(5)10(19)20-4-21/h6,9H,2-4,12,21H2,1H3/t6-,9?/m1/s1. The van der Waals surface area contributed by atoms with Gasteiger partial charge >= 0.3 is 5.97 Å². The van der Waals surface area contributed by atoms with Gasteiger partial charge in [0.15, 0.2) is 0 Å². The van der Waals surface area contributed by atoms with Crippen molar-refractivity contribution in [3.05, 3.63) is 11.3 Å². The van der Waals surface area contributed by atoms with Crippen LogP contribution in [-0.4, -0.2) is 66.3 Å². The summed E-state index contributed by atoms with van der Waals surface area (Å²) < 4.78 is 6.63. The van der Waals surface area contributed by atoms with E-state index in [2.05, 4.69) is 24.8 Å². The maximum atomic E-state index is 12.3. The molecule has 1 saturated heterocycles. The molecular formula is C11H15N6O3PS2. The number of hydrogen-bond donors (Lipinski definition) is 1. The number of ether oxygens (including phenoxy) is 1. The fourth-order valence-electron chi connectivity index (χ4n) is 2.32. The number of β-lactam (4-membered cyclic amide) rings is 1. The second-order valence-electron chi connectivity index (χ2n) is 4.86. The molecule has 0 radical (unpaired) electrons. The van der Waals surface area contributed by atoms with Gasteiger partial charge in [-0.1, -0.05) is 21.0 Å². The lowest BCUT2D eigenvalue weighted by atomic mass is 10.0. The topological polar surface area (TPSA) is 116 Å². The zero-order valence-electron chi connectivity index (χ0n) is 12.2. The van der Waals surface area contributed by atoms with Crippen molar-refractivity contribution in [3.63, 3.8) is 0 Å². The second kappa shape index (κ2) is 6.76. The molecule has 1 aromatic heterocycles. The van der Waals surface area contributed by atoms with E-state index in [1.165, 1.54) is 16.7 Å². The van der Waals surface area contributed by atoms with E-state index in [1.54, 1.807) is 23.5 Å². The maximum Gasteiger partial charge on any atom is 0.355 e. The van der Waals surface area contributed by atoms with Crippen LogP contribution in [0.3, 0.4) is 0 Å². The Hall–Kier alpha value is -1.16. The monoisotopic (exact) mass is 374 g/mol. The molecule has 0 aliphatic carbocycles. The zero-order valence-corrected chi connectivity index (χ0v) is 15.0. The molecule has 0 aromatic carbocycles. The molecule has 2 aliphatic rings. The third kappa shape index (κ3) is 2.98. The highest BCUT2D eigenvalue weighted by molar-refractivity contribution is 8.01. The number of aryl methyl sites for hydroxylation is 1. The SMILES string of the molecule is Cn1nnnc1SCC1=C(C(=O)OCP)N2C(=O)[C@@H](N)C2SC1. The minimum atomic E-state index is -0.559. The number of rotatable bonds is 5. The van der Waals surface area contributed by atoms with Gasteiger partial charge in [-0.05, 0) is 16.0 Å². The summed E-state index contributed by atoms with van der Waals surface area (Å²) in [6, 6.07) is -0.559. The van der Waals surface area contributed by atoms with Crippen molar-refractivity contribution in [1.29, 1.82) is 0 Å². The predicted molar refractivity (Wildman–Crippen MR) is 88.3 cm³/mol. The van der Waals surface area contributed by atoms with E-state index in [9.17, 15) is 9.59 Å². The number of nitrogens with zero attached hydrogens (tertiary/aromatic N) is 5. The highest BCUT2D eigenvalue weighted by atomic mass is 32.2. The number of nitrogens with two attached hydrogens (primary N) is 1. The Balaban J connectivity index is 1.84. The molecule has 2 unspecified atom stereocenters. The molecule has 3 heterocycles. The number of carbonyl (C=O) groups is 2. The van der Waals surface area contributed by atoms with E-state index >= 15 is 0 Å². The molecule has 9 nitrogen and oxygen atoms in total. The first-order valence-corrected chi connectivity index (χ1v) is 9.54. The number of carbonyl (C=O) groups excluding carboxylic acids is 2. The summed E-state index contributed by atoms with van der Waals surface area (Å²) in [4.78, 5) is 25.8. The molecule has 0 bridgehead atoms. The average Bonchev–Trinajstić information content (AvgIpc) is 2.96. The van der Waals surface area contributed by atoms with Gasteiger partial charge in [0.1, 0.15) is 23.5 Å². The Morgan fingerprint density at radius 1 is 1.61 bits per heavy atom. The maximum absolute atomic E-state index is 12.3. The van der Waals surface area contributed by atoms with Crippen molar-refractivity contribution in [2.45, 2.75) is 16.6 Å². The summed E-state index contributed by atoms with van der Waals surface area (Å²) in [6.45, 7) is 0. The van der Waals surface area contributed by atoms with Crippen molar-refractivity contribution in [3.8, 4) is 0 Å². The smallest absolute Gasteiger partial charge is 0.355 e. The van der Waals surface area contributed by atoms with Crippen molar-refractivity contribution in [2.24, 2.45) is 12.8 Å². The van der Waals surface area contributed by atoms with Crippen LogP contribution in [0.4, 0.5) is 0 Å². The first kappa shape index (κ1) is 16.7. The second-order valence-corrected chi connectivity index (χ2v) is 7.24. The zero-order chi connectivity index (χ0) is 16.6. The lowest BCUT2D eigenvalue weighted by molar-refractivity contribution is -0.149. The minimum Gasteiger partial charge on any atom is -0.457 e. The van der Waals surface area contributed by atoms with E-state index in [4.69, 9.17) is 10.5 Å². The fourth-order valence-corrected chi connectivity index (χ4v) is 4.75. The lowest BCUT2D eigenvalue weighted by Gasteiger charge is -2.48. The van der Waals surface area contributed by atoms with E-state index < -0.39 is 12.0 Å². The van der Waals surface area contributed by atoms with Crippen LogP contribution >= 0.6 is 32.8 Å². The molecule has 3 rings (SSSR count). The van der Waals surface area contributed by atoms with Crippen LogP contribution < -0.4 is 5.73 Å². The van der Waals surface area contributed by atoms with Gasteiger partial charge in [0, 0.05) is 18.6 Å². The number of amides is 1. The van der Waals surface area contributed by atoms with Crippen LogP contribution in [0.1, 0.15) is 0 Å². The van der Waals surface area contributed by atoms with E-state index in [1.807, 2.05) is 0 Å². The first-order valence-electron chi connectivity index (χ1n) is 6.69. The molecule has 23 heavy (non-hydrogen) atoms. The Kier molecular flexibility index (Phi) is 4.90. The highest BCUT2D eigenvalue weighted by Crippen LogP contribution is 2.40. The summed E-state index contributed by atoms with van der Waals surface area (Å²) >= 11 is 2.95. The van der Waals surface area contributed by atoms with Crippen LogP contribution in [0.2, 0.25) is 0 Å². The number of hydrogen-bond acceptors (Lipinski definition) is 9. The minimum absolute atomic E-state index is 0.169. The van der Waals surface area contributed by atoms with Crippen LogP contribution in [0.25, 0.3) is 0 Å². The normalized spacial score (nSPS) is 23.6. The molecule has 124 valence electrons. The van der Waals surface area contributed by atoms with Crippen molar-refractivity contribution in [1.82, 2.24) is 25.1 Å². The third-order valence-corrected chi connectivity index (χ3v) is 6.08. The summed E-state index contributed by atoms with van der Waals surface area (Å²) in [7, 11) is 4.06. The molecule has 1 fully saturated rings. The largest absolute Gasteiger partial charge is 0.457 e. The van der Waals surface area contributed by atoms with E-state index in [0.29, 0.717) is 22.4 Å². The molecule has 12 heteroatoms. The van der Waals surface area contributed by atoms with Crippen LogP contribution in [-0.2, 0) is 21.4 Å². The molecular weight excluding hydrogens is 359 g/mol. The molecule has 3 atom stereocenters. The van der Waals surface area contributed by atoms with E-state index in [-0.39, 0.29) is 17.6 Å². The molecule has 2 N–H and O–H groups in total. The Bertz CT molecular complexity index is 680. The van der Waals surface area contributed by atoms with Gasteiger partial charge < -0.3 is 10.5 Å². The molecule has 1 amide bonds. The summed E-state index contributed by atoms with van der Waals surface area (Å²) in [5.74, 6) is 0.355. The van der Waals surface area contributed by atoms with Gasteiger partial charge in [-0.2, -0.15) is 0 Å². The van der Waals surface area contributed by atoms with Gasteiger partial charge in [-0.3, -0.25) is 9.69 Å². The first-order chi connectivity index (χ1) is 11.0. The number of tetrazole rings is 1. The number of esters is 1. The molecule has 2 aliphatic heterocycles. The summed E-state index contributed by atoms with van der Waals surface area (Å²) in [6.07, 6.45) is 0.169. The number of aromatic nitrogens is 4. The molecule has 0 saturated carbocycles. The predicted octanol–water partition coefficient (Wildman–Crippen LogP) is -0.826. The van der Waals surface area contributed by atoms with Crippen LogP contribution in [0.15, 0.2) is 16.4 Å². The van der Waals surface area contributed by atoms with Crippen LogP contribution in [0, 0.1) is 0 Å². The summed E-state index contributed by atoms with van der Waals surface area (Å²) in [5, 5.41) is 11.7. The van der Waals surface area contributed by atoms with Crippen molar-refractivity contribution in [2.75, 3.05) is 17.9 Å². The summed E-state index contributed by atoms with van der Waals surface area (Å²) in [5.41, 5.74) is 6.94.